The maximum absolute atomic E-state index is 5.78. The van der Waals surface area contributed by atoms with E-state index in [0.717, 1.165) is 23.5 Å². The molecule has 0 atom stereocenters. The molecule has 0 radical (unpaired) electrons. The fourth-order valence-electron chi connectivity index (χ4n) is 1.48. The van der Waals surface area contributed by atoms with Gasteiger partial charge in [0.25, 0.3) is 0 Å². The molecule has 66 valence electrons. The number of aromatic nitrogens is 2. The van der Waals surface area contributed by atoms with Crippen molar-refractivity contribution in [2.24, 2.45) is 5.92 Å². The highest BCUT2D eigenvalue weighted by atomic mass is 35.5. The molecule has 0 aromatic carbocycles. The largest absolute Gasteiger partial charge is 0.364 e. The zero-order chi connectivity index (χ0) is 8.55. The maximum atomic E-state index is 5.78. The van der Waals surface area contributed by atoms with Crippen molar-refractivity contribution >= 4 is 29.1 Å². The lowest BCUT2D eigenvalue weighted by Gasteiger charge is -2.33. The molecule has 0 unspecified atom stereocenters. The van der Waals surface area contributed by atoms with Crippen molar-refractivity contribution in [2.45, 2.75) is 25.8 Å². The van der Waals surface area contributed by atoms with Crippen molar-refractivity contribution in [1.82, 2.24) is 8.75 Å². The second-order valence-corrected chi connectivity index (χ2v) is 4.21. The normalized spacial score (nSPS) is 28.2. The third-order valence-corrected chi connectivity index (χ3v) is 3.06. The topological polar surface area (TPSA) is 37.8 Å². The van der Waals surface area contributed by atoms with Crippen LogP contribution in [-0.2, 0) is 0 Å². The molecule has 1 aliphatic rings. The summed E-state index contributed by atoms with van der Waals surface area (Å²) in [7, 11) is 0. The van der Waals surface area contributed by atoms with Crippen molar-refractivity contribution < 1.29 is 0 Å². The minimum Gasteiger partial charge on any atom is -0.364 e. The molecule has 0 saturated heterocycles. The first-order chi connectivity index (χ1) is 5.75. The molecule has 1 aromatic heterocycles. The number of anilines is 1. The summed E-state index contributed by atoms with van der Waals surface area (Å²) in [5, 5.41) is 3.76. The highest BCUT2D eigenvalue weighted by molar-refractivity contribution is 6.99. The zero-order valence-corrected chi connectivity index (χ0v) is 8.32. The van der Waals surface area contributed by atoms with Gasteiger partial charge in [0.05, 0.1) is 11.7 Å². The van der Waals surface area contributed by atoms with Crippen LogP contribution in [0.4, 0.5) is 5.82 Å². The van der Waals surface area contributed by atoms with Gasteiger partial charge in [-0.1, -0.05) is 18.5 Å². The standard InChI is InChI=1S/C7H10ClN3S/c1-4-2-5(3-4)9-7-6(8)10-12-11-7/h4-5H,2-3H2,1H3,(H,9,11). The van der Waals surface area contributed by atoms with Crippen LogP contribution in [0.2, 0.25) is 5.15 Å². The Hall–Kier alpha value is -0.350. The molecule has 1 aliphatic carbocycles. The Morgan fingerprint density at radius 2 is 2.25 bits per heavy atom. The lowest BCUT2D eigenvalue weighted by Crippen LogP contribution is -2.33. The predicted molar refractivity (Wildman–Crippen MR) is 50.7 cm³/mol. The minimum absolute atomic E-state index is 0.500. The molecule has 3 nitrogen and oxygen atoms in total. The van der Waals surface area contributed by atoms with Gasteiger partial charge in [-0.3, -0.25) is 0 Å². The molecule has 0 aliphatic heterocycles. The molecule has 1 heterocycles. The fourth-order valence-corrected chi connectivity index (χ4v) is 2.14. The Morgan fingerprint density at radius 1 is 1.50 bits per heavy atom. The lowest BCUT2D eigenvalue weighted by atomic mass is 9.82. The zero-order valence-electron chi connectivity index (χ0n) is 6.75. The van der Waals surface area contributed by atoms with E-state index in [-0.39, 0.29) is 0 Å². The molecule has 1 saturated carbocycles. The van der Waals surface area contributed by atoms with Crippen LogP contribution in [-0.4, -0.2) is 14.8 Å². The van der Waals surface area contributed by atoms with E-state index in [4.69, 9.17) is 11.6 Å². The Kier molecular flexibility index (Phi) is 2.19. The summed E-state index contributed by atoms with van der Waals surface area (Å²) in [6.07, 6.45) is 2.43. The van der Waals surface area contributed by atoms with Gasteiger partial charge in [-0.25, -0.2) is 0 Å². The van der Waals surface area contributed by atoms with Gasteiger partial charge in [0.15, 0.2) is 11.0 Å². The summed E-state index contributed by atoms with van der Waals surface area (Å²) in [6.45, 7) is 2.25. The SMILES string of the molecule is CC1CC(Nc2nsnc2Cl)C1. The molecular formula is C7H10ClN3S. The number of nitrogens with zero attached hydrogens (tertiary/aromatic N) is 2. The van der Waals surface area contributed by atoms with Crippen molar-refractivity contribution in [3.05, 3.63) is 5.15 Å². The first kappa shape index (κ1) is 8.26. The highest BCUT2D eigenvalue weighted by Crippen LogP contribution is 2.30. The minimum atomic E-state index is 0.500. The Labute approximate surface area is 80.5 Å². The monoisotopic (exact) mass is 203 g/mol. The molecule has 1 N–H and O–H groups in total. The van der Waals surface area contributed by atoms with Gasteiger partial charge in [0.2, 0.25) is 0 Å². The molecule has 0 bridgehead atoms. The average molecular weight is 204 g/mol. The van der Waals surface area contributed by atoms with Crippen molar-refractivity contribution in [2.75, 3.05) is 5.32 Å². The van der Waals surface area contributed by atoms with E-state index in [1.807, 2.05) is 0 Å². The fraction of sp³-hybridized carbons (Fsp3) is 0.714. The van der Waals surface area contributed by atoms with Crippen molar-refractivity contribution in [1.29, 1.82) is 0 Å². The van der Waals surface area contributed by atoms with E-state index in [1.54, 1.807) is 0 Å². The second-order valence-electron chi connectivity index (χ2n) is 3.32. The van der Waals surface area contributed by atoms with E-state index in [0.29, 0.717) is 11.2 Å². The predicted octanol–water partition coefficient (Wildman–Crippen LogP) is 2.40. The van der Waals surface area contributed by atoms with E-state index in [9.17, 15) is 0 Å². The number of hydrogen-bond donors (Lipinski definition) is 1. The van der Waals surface area contributed by atoms with E-state index >= 15 is 0 Å². The maximum Gasteiger partial charge on any atom is 0.186 e. The van der Waals surface area contributed by atoms with Gasteiger partial charge in [-0.05, 0) is 18.8 Å². The van der Waals surface area contributed by atoms with Crippen LogP contribution in [0.5, 0.6) is 0 Å². The summed E-state index contributed by atoms with van der Waals surface area (Å²) >= 11 is 6.92. The van der Waals surface area contributed by atoms with Gasteiger partial charge >= 0.3 is 0 Å². The van der Waals surface area contributed by atoms with E-state index < -0.39 is 0 Å². The van der Waals surface area contributed by atoms with Gasteiger partial charge in [0, 0.05) is 6.04 Å². The number of hydrogen-bond acceptors (Lipinski definition) is 4. The number of halogens is 1. The quantitative estimate of drug-likeness (QED) is 0.802. The van der Waals surface area contributed by atoms with Crippen LogP contribution in [0.1, 0.15) is 19.8 Å². The van der Waals surface area contributed by atoms with Crippen LogP contribution < -0.4 is 5.32 Å². The van der Waals surface area contributed by atoms with Crippen LogP contribution in [0.25, 0.3) is 0 Å². The summed E-state index contributed by atoms with van der Waals surface area (Å²) in [6, 6.07) is 0.557. The molecule has 0 amide bonds. The summed E-state index contributed by atoms with van der Waals surface area (Å²) in [5.41, 5.74) is 0. The lowest BCUT2D eigenvalue weighted by molar-refractivity contribution is 0.309. The number of rotatable bonds is 2. The van der Waals surface area contributed by atoms with Crippen LogP contribution in [0.15, 0.2) is 0 Å². The molecule has 12 heavy (non-hydrogen) atoms. The molecule has 2 rings (SSSR count). The smallest absolute Gasteiger partial charge is 0.186 e. The first-order valence-corrected chi connectivity index (χ1v) is 5.11. The third-order valence-electron chi connectivity index (χ3n) is 2.16. The van der Waals surface area contributed by atoms with Crippen LogP contribution in [0.3, 0.4) is 0 Å². The molecule has 5 heteroatoms. The van der Waals surface area contributed by atoms with Crippen molar-refractivity contribution in [3.8, 4) is 0 Å². The molecule has 1 aromatic rings. The number of nitrogens with one attached hydrogen (secondary N) is 1. The summed E-state index contributed by atoms with van der Waals surface area (Å²) in [5.74, 6) is 1.59. The average Bonchev–Trinajstić information content (AvgIpc) is 2.33. The third kappa shape index (κ3) is 1.54. The molecule has 1 fully saturated rings. The Balaban J connectivity index is 1.92. The van der Waals surface area contributed by atoms with Crippen LogP contribution >= 0.6 is 23.3 Å². The summed E-state index contributed by atoms with van der Waals surface area (Å²) < 4.78 is 7.93. The Bertz CT molecular complexity index is 269. The Morgan fingerprint density at radius 3 is 2.75 bits per heavy atom. The second kappa shape index (κ2) is 3.18. The van der Waals surface area contributed by atoms with Gasteiger partial charge in [0.1, 0.15) is 0 Å². The first-order valence-electron chi connectivity index (χ1n) is 4.00. The van der Waals surface area contributed by atoms with Crippen LogP contribution in [0, 0.1) is 5.92 Å². The van der Waals surface area contributed by atoms with Crippen molar-refractivity contribution in [3.63, 3.8) is 0 Å². The summed E-state index contributed by atoms with van der Waals surface area (Å²) in [4.78, 5) is 0. The van der Waals surface area contributed by atoms with Gasteiger partial charge in [-0.15, -0.1) is 0 Å². The van der Waals surface area contributed by atoms with E-state index in [2.05, 4.69) is 21.0 Å². The van der Waals surface area contributed by atoms with Gasteiger partial charge < -0.3 is 5.32 Å². The molecule has 0 spiro atoms. The highest BCUT2D eigenvalue weighted by Gasteiger charge is 2.26. The molecular weight excluding hydrogens is 194 g/mol. The van der Waals surface area contributed by atoms with E-state index in [1.165, 1.54) is 12.8 Å². The van der Waals surface area contributed by atoms with Gasteiger partial charge in [-0.2, -0.15) is 8.75 Å².